The molecule has 3 aromatic rings. The Hall–Kier alpha value is -2.42. The summed E-state index contributed by atoms with van der Waals surface area (Å²) >= 11 is 0. The Kier molecular flexibility index (Phi) is 3.33. The highest BCUT2D eigenvalue weighted by Gasteiger charge is 2.09. The van der Waals surface area contributed by atoms with Gasteiger partial charge in [0.15, 0.2) is 0 Å². The average molecular weight is 266 g/mol. The molecule has 0 aliphatic carbocycles. The lowest BCUT2D eigenvalue weighted by Crippen LogP contribution is -2.07. The van der Waals surface area contributed by atoms with Gasteiger partial charge in [-0.15, -0.1) is 0 Å². The number of anilines is 1. The molecule has 2 aromatic carbocycles. The molecule has 0 amide bonds. The van der Waals surface area contributed by atoms with Gasteiger partial charge in [-0.25, -0.2) is 4.39 Å². The Morgan fingerprint density at radius 2 is 1.80 bits per heavy atom. The first kappa shape index (κ1) is 12.6. The summed E-state index contributed by atoms with van der Waals surface area (Å²) in [5.41, 5.74) is 2.48. The van der Waals surface area contributed by atoms with E-state index in [1.165, 1.54) is 11.6 Å². The minimum absolute atomic E-state index is 0.144. The molecule has 0 saturated carbocycles. The van der Waals surface area contributed by atoms with Crippen molar-refractivity contribution in [3.8, 4) is 0 Å². The SMILES string of the molecule is CC(Nc1ccnc2c(F)cccc12)c1ccccc1. The monoisotopic (exact) mass is 266 g/mol. The molecule has 1 heterocycles. The fraction of sp³-hybridized carbons (Fsp3) is 0.118. The van der Waals surface area contributed by atoms with Crippen molar-refractivity contribution in [2.75, 3.05) is 5.32 Å². The minimum Gasteiger partial charge on any atom is -0.378 e. The second kappa shape index (κ2) is 5.29. The fourth-order valence-electron chi connectivity index (χ4n) is 2.32. The lowest BCUT2D eigenvalue weighted by molar-refractivity contribution is 0.637. The predicted molar refractivity (Wildman–Crippen MR) is 80.2 cm³/mol. The molecule has 1 aromatic heterocycles. The number of fused-ring (bicyclic) bond motifs is 1. The van der Waals surface area contributed by atoms with Crippen LogP contribution in [-0.4, -0.2) is 4.98 Å². The van der Waals surface area contributed by atoms with Gasteiger partial charge in [0.05, 0.1) is 0 Å². The highest BCUT2D eigenvalue weighted by molar-refractivity contribution is 5.91. The van der Waals surface area contributed by atoms with Crippen molar-refractivity contribution in [1.82, 2.24) is 4.98 Å². The standard InChI is InChI=1S/C17H15FN2/c1-12(13-6-3-2-4-7-13)20-16-10-11-19-17-14(16)8-5-9-15(17)18/h2-12H,1H3,(H,19,20). The third-order valence-corrected chi connectivity index (χ3v) is 3.39. The summed E-state index contributed by atoms with van der Waals surface area (Å²) in [6.07, 6.45) is 1.63. The predicted octanol–water partition coefficient (Wildman–Crippen LogP) is 4.55. The van der Waals surface area contributed by atoms with Crippen LogP contribution in [-0.2, 0) is 0 Å². The highest BCUT2D eigenvalue weighted by atomic mass is 19.1. The van der Waals surface area contributed by atoms with E-state index < -0.39 is 0 Å². The van der Waals surface area contributed by atoms with E-state index in [2.05, 4.69) is 29.4 Å². The largest absolute Gasteiger partial charge is 0.378 e. The molecule has 0 fully saturated rings. The molecule has 0 spiro atoms. The lowest BCUT2D eigenvalue weighted by atomic mass is 10.1. The number of nitrogens with zero attached hydrogens (tertiary/aromatic N) is 1. The first-order valence-electron chi connectivity index (χ1n) is 6.60. The van der Waals surface area contributed by atoms with Gasteiger partial charge in [0.1, 0.15) is 11.3 Å². The number of halogens is 1. The number of hydrogen-bond acceptors (Lipinski definition) is 2. The molecule has 0 aliphatic heterocycles. The minimum atomic E-state index is -0.293. The van der Waals surface area contributed by atoms with Gasteiger partial charge in [-0.2, -0.15) is 0 Å². The van der Waals surface area contributed by atoms with Crippen LogP contribution in [0.15, 0.2) is 60.8 Å². The van der Waals surface area contributed by atoms with Crippen molar-refractivity contribution in [3.63, 3.8) is 0 Å². The normalized spacial score (nSPS) is 12.3. The quantitative estimate of drug-likeness (QED) is 0.752. The summed E-state index contributed by atoms with van der Waals surface area (Å²) in [4.78, 5) is 4.11. The van der Waals surface area contributed by atoms with Crippen LogP contribution >= 0.6 is 0 Å². The first-order chi connectivity index (χ1) is 9.75. The van der Waals surface area contributed by atoms with Crippen molar-refractivity contribution in [1.29, 1.82) is 0 Å². The van der Waals surface area contributed by atoms with E-state index >= 15 is 0 Å². The van der Waals surface area contributed by atoms with Crippen molar-refractivity contribution in [2.24, 2.45) is 0 Å². The first-order valence-corrected chi connectivity index (χ1v) is 6.60. The van der Waals surface area contributed by atoms with E-state index in [0.29, 0.717) is 5.52 Å². The van der Waals surface area contributed by atoms with Crippen LogP contribution in [0.1, 0.15) is 18.5 Å². The molecule has 1 N–H and O–H groups in total. The maximum atomic E-state index is 13.7. The van der Waals surface area contributed by atoms with Crippen LogP contribution in [0.25, 0.3) is 10.9 Å². The molecule has 3 rings (SSSR count). The van der Waals surface area contributed by atoms with E-state index in [1.807, 2.05) is 30.3 Å². The number of hydrogen-bond donors (Lipinski definition) is 1. The van der Waals surface area contributed by atoms with Gasteiger partial charge < -0.3 is 5.32 Å². The molecule has 0 bridgehead atoms. The smallest absolute Gasteiger partial charge is 0.149 e. The highest BCUT2D eigenvalue weighted by Crippen LogP contribution is 2.26. The molecule has 3 heteroatoms. The Labute approximate surface area is 117 Å². The van der Waals surface area contributed by atoms with Crippen molar-refractivity contribution in [2.45, 2.75) is 13.0 Å². The molecule has 0 radical (unpaired) electrons. The molecule has 0 aliphatic rings. The molecular formula is C17H15FN2. The van der Waals surface area contributed by atoms with Crippen molar-refractivity contribution >= 4 is 16.6 Å². The summed E-state index contributed by atoms with van der Waals surface area (Å²) < 4.78 is 13.7. The van der Waals surface area contributed by atoms with Gasteiger partial charge in [-0.1, -0.05) is 42.5 Å². The number of benzene rings is 2. The Balaban J connectivity index is 1.97. The van der Waals surface area contributed by atoms with Gasteiger partial charge in [-0.3, -0.25) is 4.98 Å². The van der Waals surface area contributed by atoms with Gasteiger partial charge in [0.2, 0.25) is 0 Å². The number of para-hydroxylation sites is 1. The van der Waals surface area contributed by atoms with Crippen LogP contribution in [0, 0.1) is 5.82 Å². The lowest BCUT2D eigenvalue weighted by Gasteiger charge is -2.17. The third-order valence-electron chi connectivity index (χ3n) is 3.39. The van der Waals surface area contributed by atoms with Crippen LogP contribution in [0.5, 0.6) is 0 Å². The second-order valence-electron chi connectivity index (χ2n) is 4.77. The Morgan fingerprint density at radius 3 is 2.60 bits per heavy atom. The van der Waals surface area contributed by atoms with E-state index in [-0.39, 0.29) is 11.9 Å². The fourth-order valence-corrected chi connectivity index (χ4v) is 2.32. The summed E-state index contributed by atoms with van der Waals surface area (Å²) in [6, 6.07) is 17.2. The topological polar surface area (TPSA) is 24.9 Å². The van der Waals surface area contributed by atoms with E-state index in [9.17, 15) is 4.39 Å². The van der Waals surface area contributed by atoms with Crippen molar-refractivity contribution < 1.29 is 4.39 Å². The third kappa shape index (κ3) is 2.35. The van der Waals surface area contributed by atoms with Gasteiger partial charge in [0, 0.05) is 23.3 Å². The van der Waals surface area contributed by atoms with E-state index in [4.69, 9.17) is 0 Å². The molecule has 1 atom stereocenters. The zero-order valence-corrected chi connectivity index (χ0v) is 11.2. The summed E-state index contributed by atoms with van der Waals surface area (Å²) in [6.45, 7) is 2.08. The average Bonchev–Trinajstić information content (AvgIpc) is 2.49. The summed E-state index contributed by atoms with van der Waals surface area (Å²) in [7, 11) is 0. The van der Waals surface area contributed by atoms with Crippen LogP contribution in [0.4, 0.5) is 10.1 Å². The van der Waals surface area contributed by atoms with E-state index in [1.54, 1.807) is 12.3 Å². The number of rotatable bonds is 3. The Bertz CT molecular complexity index is 725. The molecule has 100 valence electrons. The van der Waals surface area contributed by atoms with Crippen LogP contribution < -0.4 is 5.32 Å². The maximum Gasteiger partial charge on any atom is 0.149 e. The Morgan fingerprint density at radius 1 is 1.00 bits per heavy atom. The number of aromatic nitrogens is 1. The zero-order chi connectivity index (χ0) is 13.9. The van der Waals surface area contributed by atoms with Crippen molar-refractivity contribution in [3.05, 3.63) is 72.2 Å². The van der Waals surface area contributed by atoms with Gasteiger partial charge in [0.25, 0.3) is 0 Å². The van der Waals surface area contributed by atoms with Gasteiger partial charge >= 0.3 is 0 Å². The maximum absolute atomic E-state index is 13.7. The van der Waals surface area contributed by atoms with Gasteiger partial charge in [-0.05, 0) is 24.6 Å². The zero-order valence-electron chi connectivity index (χ0n) is 11.2. The molecular weight excluding hydrogens is 251 g/mol. The van der Waals surface area contributed by atoms with Crippen LogP contribution in [0.3, 0.4) is 0 Å². The molecule has 20 heavy (non-hydrogen) atoms. The summed E-state index contributed by atoms with van der Waals surface area (Å²) in [5.74, 6) is -0.293. The molecule has 0 saturated heterocycles. The second-order valence-corrected chi connectivity index (χ2v) is 4.77. The molecule has 1 unspecified atom stereocenters. The van der Waals surface area contributed by atoms with E-state index in [0.717, 1.165) is 11.1 Å². The number of nitrogens with one attached hydrogen (secondary N) is 1. The van der Waals surface area contributed by atoms with Crippen LogP contribution in [0.2, 0.25) is 0 Å². The molecule has 2 nitrogen and oxygen atoms in total. The number of pyridine rings is 1. The summed E-state index contributed by atoms with van der Waals surface area (Å²) in [5, 5.41) is 4.22.